The Balaban J connectivity index is 0.000000225. The molecule has 0 radical (unpaired) electrons. The molecule has 20 heteroatoms. The third-order valence-electron chi connectivity index (χ3n) is 10.2. The lowest BCUT2D eigenvalue weighted by Crippen LogP contribution is -2.62. The lowest BCUT2D eigenvalue weighted by atomic mass is 9.89. The number of aliphatic hydroxyl groups is 8. The van der Waals surface area contributed by atoms with Gasteiger partial charge >= 0.3 is 0 Å². The van der Waals surface area contributed by atoms with E-state index in [-0.39, 0.29) is 68.7 Å². The summed E-state index contributed by atoms with van der Waals surface area (Å²) in [7, 11) is 0. The van der Waals surface area contributed by atoms with E-state index in [1.165, 1.54) is 0 Å². The van der Waals surface area contributed by atoms with E-state index in [0.717, 1.165) is 45.2 Å². The van der Waals surface area contributed by atoms with Crippen LogP contribution in [0, 0.1) is 0 Å². The summed E-state index contributed by atoms with van der Waals surface area (Å²) in [4.78, 5) is 11.9. The highest BCUT2D eigenvalue weighted by atomic mass is 16.7. The van der Waals surface area contributed by atoms with Crippen molar-refractivity contribution in [2.24, 2.45) is 22.9 Å². The molecule has 0 spiro atoms. The van der Waals surface area contributed by atoms with Crippen molar-refractivity contribution in [2.75, 3.05) is 45.9 Å². The first-order chi connectivity index (χ1) is 25.2. The van der Waals surface area contributed by atoms with E-state index in [9.17, 15) is 35.4 Å². The van der Waals surface area contributed by atoms with Crippen LogP contribution in [-0.4, -0.2) is 184 Å². The molecule has 0 aromatic rings. The Labute approximate surface area is 310 Å². The van der Waals surface area contributed by atoms with Gasteiger partial charge in [0.25, 0.3) is 0 Å². The van der Waals surface area contributed by atoms with Gasteiger partial charge in [0.1, 0.15) is 18.3 Å². The SMILES string of the molecule is NCC(O)CC(=O)NC1CC(N)CC(OC2CCC(CO)O2)C1.NC[C@@H]1O[C@H](O)[C@H](N)C(O)[C@@H]1O.O[C@@H]1CC[C@H](O)C(CNCC2(O)CCNCC2)O1. The van der Waals surface area contributed by atoms with Gasteiger partial charge in [-0.3, -0.25) is 4.79 Å². The monoisotopic (exact) mass is 769 g/mol. The van der Waals surface area contributed by atoms with E-state index in [2.05, 4.69) is 16.0 Å². The van der Waals surface area contributed by atoms with E-state index in [1.54, 1.807) is 0 Å². The van der Waals surface area contributed by atoms with Crippen molar-refractivity contribution in [3.63, 3.8) is 0 Å². The van der Waals surface area contributed by atoms with Gasteiger partial charge < -0.3 is 98.7 Å². The van der Waals surface area contributed by atoms with Gasteiger partial charge in [0.2, 0.25) is 5.91 Å². The highest BCUT2D eigenvalue weighted by Gasteiger charge is 2.41. The van der Waals surface area contributed by atoms with Crippen LogP contribution in [0.4, 0.5) is 0 Å². The summed E-state index contributed by atoms with van der Waals surface area (Å²) in [6.45, 7) is 2.72. The number of aliphatic hydroxyl groups excluding tert-OH is 7. The van der Waals surface area contributed by atoms with Crippen molar-refractivity contribution in [1.29, 1.82) is 0 Å². The Bertz CT molecular complexity index is 1030. The molecule has 14 atom stereocenters. The molecule has 4 aliphatic heterocycles. The van der Waals surface area contributed by atoms with Crippen LogP contribution in [0.15, 0.2) is 0 Å². The van der Waals surface area contributed by atoms with Crippen LogP contribution in [0.1, 0.15) is 64.2 Å². The predicted octanol–water partition coefficient (Wildman–Crippen LogP) is -6.17. The zero-order valence-corrected chi connectivity index (χ0v) is 30.5. The van der Waals surface area contributed by atoms with Crippen molar-refractivity contribution in [3.05, 3.63) is 0 Å². The molecule has 20 nitrogen and oxygen atoms in total. The summed E-state index contributed by atoms with van der Waals surface area (Å²) >= 11 is 0. The topological polar surface area (TPSA) is 356 Å². The van der Waals surface area contributed by atoms with Gasteiger partial charge in [-0.15, -0.1) is 0 Å². The Morgan fingerprint density at radius 3 is 2.28 bits per heavy atom. The summed E-state index contributed by atoms with van der Waals surface area (Å²) in [5, 5.41) is 84.8. The second kappa shape index (κ2) is 23.1. The van der Waals surface area contributed by atoms with Crippen LogP contribution in [0.25, 0.3) is 0 Å². The summed E-state index contributed by atoms with van der Waals surface area (Å²) in [5.74, 6) is -0.224. The fourth-order valence-corrected chi connectivity index (χ4v) is 6.97. The minimum absolute atomic E-state index is 0.00230. The van der Waals surface area contributed by atoms with Gasteiger partial charge in [0.15, 0.2) is 18.9 Å². The van der Waals surface area contributed by atoms with Gasteiger partial charge in [-0.2, -0.15) is 0 Å². The second-order valence-corrected chi connectivity index (χ2v) is 14.8. The number of amides is 1. The third-order valence-corrected chi connectivity index (χ3v) is 10.2. The second-order valence-electron chi connectivity index (χ2n) is 14.8. The minimum atomic E-state index is -1.27. The predicted molar refractivity (Wildman–Crippen MR) is 189 cm³/mol. The molecule has 1 saturated carbocycles. The number of nitrogens with two attached hydrogens (primary N) is 4. The first kappa shape index (κ1) is 46.1. The number of nitrogens with one attached hydrogen (secondary N) is 3. The zero-order valence-electron chi connectivity index (χ0n) is 30.5. The number of hydrogen-bond acceptors (Lipinski definition) is 19. The summed E-state index contributed by atoms with van der Waals surface area (Å²) in [6, 6.07) is -1.10. The molecule has 5 rings (SSSR count). The fraction of sp³-hybridized carbons (Fsp3) is 0.970. The van der Waals surface area contributed by atoms with Crippen molar-refractivity contribution >= 4 is 5.91 Å². The Morgan fingerprint density at radius 2 is 1.64 bits per heavy atom. The molecule has 0 aromatic heterocycles. The first-order valence-corrected chi connectivity index (χ1v) is 18.8. The van der Waals surface area contributed by atoms with Crippen molar-refractivity contribution in [2.45, 2.75) is 156 Å². The van der Waals surface area contributed by atoms with E-state index in [4.69, 9.17) is 52.1 Å². The van der Waals surface area contributed by atoms with E-state index >= 15 is 0 Å². The largest absolute Gasteiger partial charge is 0.394 e. The number of carbonyl (C=O) groups is 1. The maximum absolute atomic E-state index is 11.9. The van der Waals surface area contributed by atoms with E-state index in [0.29, 0.717) is 38.8 Å². The third kappa shape index (κ3) is 15.7. The molecule has 1 amide bonds. The molecule has 5 aliphatic rings. The number of piperidine rings is 1. The molecular formula is C33H67N7O13. The lowest BCUT2D eigenvalue weighted by Gasteiger charge is -2.38. The van der Waals surface area contributed by atoms with Gasteiger partial charge in [-0.05, 0) is 58.0 Å². The maximum Gasteiger partial charge on any atom is 0.222 e. The highest BCUT2D eigenvalue weighted by molar-refractivity contribution is 5.76. The van der Waals surface area contributed by atoms with Crippen LogP contribution in [-0.2, 0) is 23.7 Å². The standard InChI is InChI=1S/C15H29N3O5.C12H24N2O4.C6H14N2O4/c16-7-11(20)6-14(21)18-10-3-9(17)4-13(5-10)23-15-2-1-12(8-19)22-15;15-9-1-2-11(16)18-10(9)7-14-8-12(17)3-5-13-6-4-12;7-1-2-4(9)5(10)3(8)6(11)12-2/h9-13,15,19-20H,1-8,16-17H2,(H,18,21);9-11,13-17H,1-8H2;2-6,9-11H,1,7-8H2/t;9-,10?,11-;2-,3+,4+,5?,6-/m.00/s1. The molecule has 8 unspecified atom stereocenters. The summed E-state index contributed by atoms with van der Waals surface area (Å²) < 4.78 is 21.6. The molecule has 4 heterocycles. The van der Waals surface area contributed by atoms with Crippen LogP contribution < -0.4 is 38.9 Å². The lowest BCUT2D eigenvalue weighted by molar-refractivity contribution is -0.238. The summed E-state index contributed by atoms with van der Waals surface area (Å²) in [5.41, 5.74) is 21.2. The Kier molecular flexibility index (Phi) is 20.1. The smallest absolute Gasteiger partial charge is 0.222 e. The van der Waals surface area contributed by atoms with Crippen molar-refractivity contribution in [1.82, 2.24) is 16.0 Å². The summed E-state index contributed by atoms with van der Waals surface area (Å²) in [6.07, 6.45) is -1.27. The normalized spacial score (nSPS) is 39.1. The Hall–Kier alpha value is -1.25. The number of ether oxygens (including phenoxy) is 4. The van der Waals surface area contributed by atoms with Crippen LogP contribution in [0.3, 0.4) is 0 Å². The molecular weight excluding hydrogens is 702 g/mol. The van der Waals surface area contributed by atoms with Crippen LogP contribution >= 0.6 is 0 Å². The quantitative estimate of drug-likeness (QED) is 0.0878. The first-order valence-electron chi connectivity index (χ1n) is 18.8. The molecule has 19 N–H and O–H groups in total. The maximum atomic E-state index is 11.9. The number of hydrogen-bond donors (Lipinski definition) is 15. The van der Waals surface area contributed by atoms with Crippen LogP contribution in [0.5, 0.6) is 0 Å². The molecule has 0 aromatic carbocycles. The molecule has 4 saturated heterocycles. The van der Waals surface area contributed by atoms with E-state index in [1.807, 2.05) is 0 Å². The molecule has 1 aliphatic carbocycles. The molecule has 312 valence electrons. The average Bonchev–Trinajstić information content (AvgIpc) is 3.58. The van der Waals surface area contributed by atoms with Crippen molar-refractivity contribution in [3.8, 4) is 0 Å². The Morgan fingerprint density at radius 1 is 0.925 bits per heavy atom. The number of rotatable bonds is 12. The molecule has 53 heavy (non-hydrogen) atoms. The highest BCUT2D eigenvalue weighted by Crippen LogP contribution is 2.27. The fourth-order valence-electron chi connectivity index (χ4n) is 6.97. The zero-order chi connectivity index (χ0) is 39.1. The van der Waals surface area contributed by atoms with Gasteiger partial charge in [-0.25, -0.2) is 0 Å². The van der Waals surface area contributed by atoms with E-state index < -0.39 is 54.7 Å². The van der Waals surface area contributed by atoms with Crippen molar-refractivity contribution < 1.29 is 64.6 Å². The minimum Gasteiger partial charge on any atom is -0.394 e. The van der Waals surface area contributed by atoms with Gasteiger partial charge in [-0.1, -0.05) is 0 Å². The molecule has 5 fully saturated rings. The number of carbonyl (C=O) groups excluding carboxylic acids is 1. The van der Waals surface area contributed by atoms with Gasteiger partial charge in [0, 0.05) is 51.1 Å². The average molecular weight is 770 g/mol. The van der Waals surface area contributed by atoms with Crippen LogP contribution in [0.2, 0.25) is 0 Å². The van der Waals surface area contributed by atoms with Gasteiger partial charge in [0.05, 0.1) is 55.2 Å². The molecule has 0 bridgehead atoms.